The van der Waals surface area contributed by atoms with Gasteiger partial charge >= 0.3 is 0 Å². The van der Waals surface area contributed by atoms with E-state index in [2.05, 4.69) is 13.8 Å². The number of aliphatic hydroxyl groups excluding tert-OH is 1. The predicted octanol–water partition coefficient (Wildman–Crippen LogP) is 3.50. The predicted molar refractivity (Wildman–Crippen MR) is 69.8 cm³/mol. The van der Waals surface area contributed by atoms with Crippen molar-refractivity contribution in [3.63, 3.8) is 0 Å². The highest BCUT2D eigenvalue weighted by Gasteiger charge is 2.20. The topological polar surface area (TPSA) is 23.5 Å². The molecule has 1 unspecified atom stereocenters. The zero-order valence-electron chi connectivity index (χ0n) is 11.1. The Morgan fingerprint density at radius 3 is 2.35 bits per heavy atom. The molecule has 0 spiro atoms. The Morgan fingerprint density at radius 1 is 1.29 bits per heavy atom. The van der Waals surface area contributed by atoms with Crippen molar-refractivity contribution in [2.24, 2.45) is 0 Å². The molecule has 0 aliphatic heterocycles. The first-order chi connectivity index (χ1) is 8.02. The second kappa shape index (κ2) is 6.01. The first-order valence-corrected chi connectivity index (χ1v) is 6.22. The standard InChI is InChI=1S/C14H22FNO/c1-5-11(6-2)16(4)14-12(10(3)17)8-7-9-13(14)15/h7-11,17H,5-6H2,1-4H3. The molecule has 1 aromatic rings. The number of hydrogen-bond acceptors (Lipinski definition) is 2. The van der Waals surface area contributed by atoms with E-state index in [-0.39, 0.29) is 5.82 Å². The van der Waals surface area contributed by atoms with Crippen LogP contribution in [-0.4, -0.2) is 18.2 Å². The Kier molecular flexibility index (Phi) is 4.94. The molecule has 1 aromatic carbocycles. The van der Waals surface area contributed by atoms with Crippen molar-refractivity contribution in [3.05, 3.63) is 29.6 Å². The molecule has 1 N–H and O–H groups in total. The largest absolute Gasteiger partial charge is 0.389 e. The maximum atomic E-state index is 13.9. The molecule has 0 saturated carbocycles. The van der Waals surface area contributed by atoms with Crippen LogP contribution >= 0.6 is 0 Å². The van der Waals surface area contributed by atoms with Crippen molar-refractivity contribution in [2.45, 2.75) is 45.8 Å². The molecule has 0 aliphatic rings. The first kappa shape index (κ1) is 14.0. The van der Waals surface area contributed by atoms with Crippen LogP contribution in [0.4, 0.5) is 10.1 Å². The van der Waals surface area contributed by atoms with Crippen LogP contribution in [0, 0.1) is 5.82 Å². The molecule has 1 atom stereocenters. The van der Waals surface area contributed by atoms with Crippen molar-refractivity contribution >= 4 is 5.69 Å². The summed E-state index contributed by atoms with van der Waals surface area (Å²) in [6.45, 7) is 5.85. The molecule has 0 radical (unpaired) electrons. The summed E-state index contributed by atoms with van der Waals surface area (Å²) in [6, 6.07) is 5.16. The molecule has 0 amide bonds. The molecule has 0 aliphatic carbocycles. The SMILES string of the molecule is CCC(CC)N(C)c1c(F)cccc1C(C)O. The molecule has 2 nitrogen and oxygen atoms in total. The fraction of sp³-hybridized carbons (Fsp3) is 0.571. The maximum Gasteiger partial charge on any atom is 0.146 e. The molecular weight excluding hydrogens is 217 g/mol. The van der Waals surface area contributed by atoms with Crippen LogP contribution in [0.2, 0.25) is 0 Å². The Hall–Kier alpha value is -1.09. The summed E-state index contributed by atoms with van der Waals surface area (Å²) < 4.78 is 13.9. The number of rotatable bonds is 5. The molecule has 96 valence electrons. The molecule has 1 rings (SSSR count). The average Bonchev–Trinajstić information content (AvgIpc) is 2.29. The summed E-state index contributed by atoms with van der Waals surface area (Å²) in [7, 11) is 1.89. The molecule has 17 heavy (non-hydrogen) atoms. The number of para-hydroxylation sites is 1. The molecule has 0 heterocycles. The van der Waals surface area contributed by atoms with Crippen LogP contribution < -0.4 is 4.90 Å². The smallest absolute Gasteiger partial charge is 0.146 e. The lowest BCUT2D eigenvalue weighted by atomic mass is 10.0. The van der Waals surface area contributed by atoms with Crippen molar-refractivity contribution < 1.29 is 9.50 Å². The van der Waals surface area contributed by atoms with E-state index in [4.69, 9.17) is 0 Å². The van der Waals surface area contributed by atoms with Gasteiger partial charge in [-0.15, -0.1) is 0 Å². The highest BCUT2D eigenvalue weighted by atomic mass is 19.1. The van der Waals surface area contributed by atoms with Gasteiger partial charge in [-0.2, -0.15) is 0 Å². The van der Waals surface area contributed by atoms with Crippen LogP contribution in [0.15, 0.2) is 18.2 Å². The minimum Gasteiger partial charge on any atom is -0.389 e. The van der Waals surface area contributed by atoms with Gasteiger partial charge in [0, 0.05) is 18.7 Å². The van der Waals surface area contributed by atoms with Gasteiger partial charge in [-0.1, -0.05) is 26.0 Å². The number of hydrogen-bond donors (Lipinski definition) is 1. The van der Waals surface area contributed by atoms with E-state index in [0.717, 1.165) is 12.8 Å². The zero-order chi connectivity index (χ0) is 13.0. The Balaban J connectivity index is 3.19. The summed E-state index contributed by atoms with van der Waals surface area (Å²) in [5.74, 6) is -0.266. The number of aliphatic hydroxyl groups is 1. The third-order valence-corrected chi connectivity index (χ3v) is 3.31. The lowest BCUT2D eigenvalue weighted by Crippen LogP contribution is -2.32. The second-order valence-electron chi connectivity index (χ2n) is 4.43. The molecule has 0 fully saturated rings. The average molecular weight is 239 g/mol. The highest BCUT2D eigenvalue weighted by Crippen LogP contribution is 2.30. The van der Waals surface area contributed by atoms with E-state index < -0.39 is 6.10 Å². The van der Waals surface area contributed by atoms with Crippen molar-refractivity contribution in [1.82, 2.24) is 0 Å². The van der Waals surface area contributed by atoms with Crippen molar-refractivity contribution in [1.29, 1.82) is 0 Å². The number of halogens is 1. The minimum absolute atomic E-state index is 0.266. The quantitative estimate of drug-likeness (QED) is 0.850. The molecule has 0 bridgehead atoms. The van der Waals surface area contributed by atoms with Gasteiger partial charge in [0.2, 0.25) is 0 Å². The lowest BCUT2D eigenvalue weighted by Gasteiger charge is -2.31. The normalized spacial score (nSPS) is 12.9. The second-order valence-corrected chi connectivity index (χ2v) is 4.43. The molecular formula is C14H22FNO. The summed E-state index contributed by atoms with van der Waals surface area (Å²) in [5.41, 5.74) is 1.18. The van der Waals surface area contributed by atoms with Gasteiger partial charge in [0.05, 0.1) is 11.8 Å². The molecule has 0 saturated heterocycles. The number of nitrogens with zero attached hydrogens (tertiary/aromatic N) is 1. The van der Waals surface area contributed by atoms with Crippen LogP contribution in [-0.2, 0) is 0 Å². The fourth-order valence-electron chi connectivity index (χ4n) is 2.26. The van der Waals surface area contributed by atoms with Crippen LogP contribution in [0.1, 0.15) is 45.3 Å². The van der Waals surface area contributed by atoms with Crippen LogP contribution in [0.25, 0.3) is 0 Å². The summed E-state index contributed by atoms with van der Waals surface area (Å²) in [5, 5.41) is 9.71. The van der Waals surface area contributed by atoms with E-state index in [1.54, 1.807) is 19.1 Å². The van der Waals surface area contributed by atoms with Crippen LogP contribution in [0.5, 0.6) is 0 Å². The Morgan fingerprint density at radius 2 is 1.88 bits per heavy atom. The van der Waals surface area contributed by atoms with E-state index in [0.29, 0.717) is 17.3 Å². The van der Waals surface area contributed by atoms with Crippen molar-refractivity contribution in [3.8, 4) is 0 Å². The summed E-state index contributed by atoms with van der Waals surface area (Å²) in [4.78, 5) is 1.94. The minimum atomic E-state index is -0.655. The van der Waals surface area contributed by atoms with Gasteiger partial charge in [-0.25, -0.2) is 4.39 Å². The molecule has 3 heteroatoms. The lowest BCUT2D eigenvalue weighted by molar-refractivity contribution is 0.199. The third-order valence-electron chi connectivity index (χ3n) is 3.31. The first-order valence-electron chi connectivity index (χ1n) is 6.22. The van der Waals surface area contributed by atoms with Crippen molar-refractivity contribution in [2.75, 3.05) is 11.9 Å². The monoisotopic (exact) mass is 239 g/mol. The van der Waals surface area contributed by atoms with E-state index in [9.17, 15) is 9.50 Å². The van der Waals surface area contributed by atoms with Gasteiger partial charge in [0.25, 0.3) is 0 Å². The van der Waals surface area contributed by atoms with E-state index in [1.807, 2.05) is 11.9 Å². The van der Waals surface area contributed by atoms with Crippen LogP contribution in [0.3, 0.4) is 0 Å². The van der Waals surface area contributed by atoms with Gasteiger partial charge < -0.3 is 10.0 Å². The van der Waals surface area contributed by atoms with Gasteiger partial charge in [-0.3, -0.25) is 0 Å². The van der Waals surface area contributed by atoms with E-state index >= 15 is 0 Å². The third kappa shape index (κ3) is 2.97. The van der Waals surface area contributed by atoms with Gasteiger partial charge in [0.15, 0.2) is 0 Å². The van der Waals surface area contributed by atoms with E-state index in [1.165, 1.54) is 6.07 Å². The summed E-state index contributed by atoms with van der Waals surface area (Å²) in [6.07, 6.45) is 1.26. The van der Waals surface area contributed by atoms with Gasteiger partial charge in [0.1, 0.15) is 5.82 Å². The Bertz CT molecular complexity index is 361. The Labute approximate surface area is 103 Å². The zero-order valence-corrected chi connectivity index (χ0v) is 11.1. The number of benzene rings is 1. The fourth-order valence-corrected chi connectivity index (χ4v) is 2.26. The van der Waals surface area contributed by atoms with Gasteiger partial charge in [-0.05, 0) is 25.8 Å². The molecule has 0 aromatic heterocycles. The maximum absolute atomic E-state index is 13.9. The number of anilines is 1. The highest BCUT2D eigenvalue weighted by molar-refractivity contribution is 5.56. The summed E-state index contributed by atoms with van der Waals surface area (Å²) >= 11 is 0.